The fraction of sp³-hybridized carbons (Fsp3) is 0.583. The number of aromatic nitrogens is 2. The third-order valence-corrected chi connectivity index (χ3v) is 3.04. The molecule has 0 radical (unpaired) electrons. The lowest BCUT2D eigenvalue weighted by Gasteiger charge is -2.26. The zero-order valence-corrected chi connectivity index (χ0v) is 10.8. The third-order valence-electron chi connectivity index (χ3n) is 2.86. The topological polar surface area (TPSA) is 46.1 Å². The summed E-state index contributed by atoms with van der Waals surface area (Å²) in [5, 5.41) is 0.256. The van der Waals surface area contributed by atoms with Crippen LogP contribution >= 0.6 is 11.6 Å². The van der Waals surface area contributed by atoms with Crippen LogP contribution in [0.2, 0.25) is 5.15 Å². The fourth-order valence-electron chi connectivity index (χ4n) is 1.70. The summed E-state index contributed by atoms with van der Waals surface area (Å²) in [6.45, 7) is 4.83. The minimum Gasteiger partial charge on any atom is -0.335 e. The zero-order valence-electron chi connectivity index (χ0n) is 10.1. The third kappa shape index (κ3) is 3.16. The van der Waals surface area contributed by atoms with Gasteiger partial charge in [-0.1, -0.05) is 11.6 Å². The molecule has 0 unspecified atom stereocenters. The van der Waals surface area contributed by atoms with Crippen molar-refractivity contribution in [1.82, 2.24) is 14.9 Å². The van der Waals surface area contributed by atoms with Gasteiger partial charge in [-0.05, 0) is 32.6 Å². The SMILES string of the molecule is CC(C)N(CC1CC1)C(=O)c1cncc(Cl)n1. The normalized spacial score (nSPS) is 15.1. The highest BCUT2D eigenvalue weighted by Gasteiger charge is 2.29. The molecule has 1 aromatic heterocycles. The monoisotopic (exact) mass is 253 g/mol. The highest BCUT2D eigenvalue weighted by molar-refractivity contribution is 6.29. The molecule has 17 heavy (non-hydrogen) atoms. The van der Waals surface area contributed by atoms with Crippen LogP contribution in [0.4, 0.5) is 0 Å². The first-order valence-electron chi connectivity index (χ1n) is 5.86. The van der Waals surface area contributed by atoms with Crippen LogP contribution in [0.25, 0.3) is 0 Å². The minimum atomic E-state index is -0.0816. The molecule has 0 saturated heterocycles. The second-order valence-corrected chi connectivity index (χ2v) is 5.11. The van der Waals surface area contributed by atoms with Crippen LogP contribution in [0.3, 0.4) is 0 Å². The van der Waals surface area contributed by atoms with E-state index in [4.69, 9.17) is 11.6 Å². The predicted molar refractivity (Wildman–Crippen MR) is 65.9 cm³/mol. The molecule has 0 atom stereocenters. The average Bonchev–Trinajstić information content (AvgIpc) is 3.08. The average molecular weight is 254 g/mol. The van der Waals surface area contributed by atoms with Crippen molar-refractivity contribution in [2.75, 3.05) is 6.54 Å². The van der Waals surface area contributed by atoms with E-state index in [-0.39, 0.29) is 17.1 Å². The first-order chi connectivity index (χ1) is 8.08. The van der Waals surface area contributed by atoms with E-state index >= 15 is 0 Å². The van der Waals surface area contributed by atoms with Crippen molar-refractivity contribution in [3.63, 3.8) is 0 Å². The summed E-state index contributed by atoms with van der Waals surface area (Å²) in [6.07, 6.45) is 5.34. The molecule has 92 valence electrons. The summed E-state index contributed by atoms with van der Waals surface area (Å²) < 4.78 is 0. The van der Waals surface area contributed by atoms with E-state index in [0.29, 0.717) is 11.6 Å². The molecule has 1 saturated carbocycles. The van der Waals surface area contributed by atoms with Crippen LogP contribution in [-0.4, -0.2) is 33.4 Å². The maximum absolute atomic E-state index is 12.3. The Morgan fingerprint density at radius 3 is 2.76 bits per heavy atom. The van der Waals surface area contributed by atoms with Gasteiger partial charge in [0.2, 0.25) is 0 Å². The van der Waals surface area contributed by atoms with E-state index in [0.717, 1.165) is 6.54 Å². The second-order valence-electron chi connectivity index (χ2n) is 4.72. The Morgan fingerprint density at radius 2 is 2.24 bits per heavy atom. The summed E-state index contributed by atoms with van der Waals surface area (Å²) in [6, 6.07) is 0.170. The Labute approximate surface area is 106 Å². The van der Waals surface area contributed by atoms with E-state index in [9.17, 15) is 4.79 Å². The molecule has 0 N–H and O–H groups in total. The van der Waals surface area contributed by atoms with Gasteiger partial charge in [-0.15, -0.1) is 0 Å². The van der Waals surface area contributed by atoms with Gasteiger partial charge in [-0.25, -0.2) is 4.98 Å². The molecule has 0 aliphatic heterocycles. The van der Waals surface area contributed by atoms with Crippen molar-refractivity contribution in [1.29, 1.82) is 0 Å². The lowest BCUT2D eigenvalue weighted by Crippen LogP contribution is -2.39. The molecule has 1 heterocycles. The van der Waals surface area contributed by atoms with E-state index in [1.807, 2.05) is 18.7 Å². The van der Waals surface area contributed by atoms with Crippen LogP contribution in [-0.2, 0) is 0 Å². The second kappa shape index (κ2) is 5.00. The number of halogens is 1. The quantitative estimate of drug-likeness (QED) is 0.828. The molecule has 2 rings (SSSR count). The molecular weight excluding hydrogens is 238 g/mol. The van der Waals surface area contributed by atoms with Crippen LogP contribution < -0.4 is 0 Å². The lowest BCUT2D eigenvalue weighted by molar-refractivity contribution is 0.0689. The van der Waals surface area contributed by atoms with Gasteiger partial charge in [0.15, 0.2) is 0 Å². The van der Waals surface area contributed by atoms with E-state index in [1.165, 1.54) is 25.2 Å². The van der Waals surface area contributed by atoms with Crippen molar-refractivity contribution in [2.45, 2.75) is 32.7 Å². The molecule has 5 heteroatoms. The maximum Gasteiger partial charge on any atom is 0.274 e. The van der Waals surface area contributed by atoms with E-state index < -0.39 is 0 Å². The van der Waals surface area contributed by atoms with Crippen molar-refractivity contribution in [3.05, 3.63) is 23.2 Å². The number of rotatable bonds is 4. The zero-order chi connectivity index (χ0) is 12.4. The smallest absolute Gasteiger partial charge is 0.274 e. The Balaban J connectivity index is 2.14. The van der Waals surface area contributed by atoms with Crippen molar-refractivity contribution in [3.8, 4) is 0 Å². The van der Waals surface area contributed by atoms with Crippen LogP contribution in [0, 0.1) is 5.92 Å². The molecule has 0 bridgehead atoms. The number of hydrogen-bond donors (Lipinski definition) is 0. The van der Waals surface area contributed by atoms with Gasteiger partial charge in [0, 0.05) is 12.6 Å². The van der Waals surface area contributed by atoms with Gasteiger partial charge < -0.3 is 4.90 Å². The number of hydrogen-bond acceptors (Lipinski definition) is 3. The molecule has 1 amide bonds. The number of nitrogens with zero attached hydrogens (tertiary/aromatic N) is 3. The van der Waals surface area contributed by atoms with Crippen LogP contribution in [0.15, 0.2) is 12.4 Å². The predicted octanol–water partition coefficient (Wildman–Crippen LogP) is 2.39. The van der Waals surface area contributed by atoms with Gasteiger partial charge >= 0.3 is 0 Å². The first kappa shape index (κ1) is 12.3. The van der Waals surface area contributed by atoms with Gasteiger partial charge in [-0.2, -0.15) is 0 Å². The summed E-state index contributed by atoms with van der Waals surface area (Å²) in [7, 11) is 0. The summed E-state index contributed by atoms with van der Waals surface area (Å²) in [5.41, 5.74) is 0.326. The van der Waals surface area contributed by atoms with Crippen LogP contribution in [0.1, 0.15) is 37.2 Å². The van der Waals surface area contributed by atoms with Crippen molar-refractivity contribution < 1.29 is 4.79 Å². The first-order valence-corrected chi connectivity index (χ1v) is 6.24. The molecule has 0 spiro atoms. The van der Waals surface area contributed by atoms with Gasteiger partial charge in [-0.3, -0.25) is 9.78 Å². The van der Waals surface area contributed by atoms with Crippen molar-refractivity contribution >= 4 is 17.5 Å². The Morgan fingerprint density at radius 1 is 1.53 bits per heavy atom. The Kier molecular flexibility index (Phi) is 3.62. The molecular formula is C12H16ClN3O. The van der Waals surface area contributed by atoms with E-state index in [2.05, 4.69) is 9.97 Å². The molecule has 1 aromatic rings. The molecule has 4 nitrogen and oxygen atoms in total. The van der Waals surface area contributed by atoms with Gasteiger partial charge in [0.1, 0.15) is 10.8 Å². The van der Waals surface area contributed by atoms with Crippen molar-refractivity contribution in [2.24, 2.45) is 5.92 Å². The molecule has 1 fully saturated rings. The highest BCUT2D eigenvalue weighted by atomic mass is 35.5. The fourth-order valence-corrected chi connectivity index (χ4v) is 1.85. The molecule has 0 aromatic carbocycles. The van der Waals surface area contributed by atoms with Gasteiger partial charge in [0.25, 0.3) is 5.91 Å². The number of amides is 1. The maximum atomic E-state index is 12.3. The number of carbonyl (C=O) groups excluding carboxylic acids is 1. The number of carbonyl (C=O) groups is 1. The Hall–Kier alpha value is -1.16. The molecule has 1 aliphatic rings. The standard InChI is InChI=1S/C12H16ClN3O/c1-8(2)16(7-9-3-4-9)12(17)10-5-14-6-11(13)15-10/h5-6,8-9H,3-4,7H2,1-2H3. The summed E-state index contributed by atoms with van der Waals surface area (Å²) in [4.78, 5) is 22.0. The van der Waals surface area contributed by atoms with Crippen LogP contribution in [0.5, 0.6) is 0 Å². The summed E-state index contributed by atoms with van der Waals surface area (Å²) in [5.74, 6) is 0.579. The molecule has 1 aliphatic carbocycles. The highest BCUT2D eigenvalue weighted by Crippen LogP contribution is 2.30. The minimum absolute atomic E-state index is 0.0816. The lowest BCUT2D eigenvalue weighted by atomic mass is 10.2. The summed E-state index contributed by atoms with van der Waals surface area (Å²) >= 11 is 5.75. The Bertz CT molecular complexity index is 418. The largest absolute Gasteiger partial charge is 0.335 e. The van der Waals surface area contributed by atoms with E-state index in [1.54, 1.807) is 0 Å². The van der Waals surface area contributed by atoms with Gasteiger partial charge in [0.05, 0.1) is 12.4 Å².